The summed E-state index contributed by atoms with van der Waals surface area (Å²) in [5.41, 5.74) is 0. The van der Waals surface area contributed by atoms with Gasteiger partial charge in [-0.25, -0.2) is 0 Å². The Morgan fingerprint density at radius 2 is 2.27 bits per heavy atom. The maximum atomic E-state index is 10.8. The average Bonchev–Trinajstić information content (AvgIpc) is 1.86. The maximum absolute atomic E-state index is 10.8. The van der Waals surface area contributed by atoms with Gasteiger partial charge in [0, 0.05) is 29.4 Å². The molecule has 1 amide bonds. The van der Waals surface area contributed by atoms with E-state index in [1.807, 2.05) is 0 Å². The van der Waals surface area contributed by atoms with E-state index >= 15 is 0 Å². The molecule has 2 unspecified atom stereocenters. The fourth-order valence-electron chi connectivity index (χ4n) is 0.459. The summed E-state index contributed by atoms with van der Waals surface area (Å²) < 4.78 is 10.5. The van der Waals surface area contributed by atoms with Crippen LogP contribution in [0.5, 0.6) is 0 Å². The maximum Gasteiger partial charge on any atom is 0.237 e. The van der Waals surface area contributed by atoms with Gasteiger partial charge >= 0.3 is 0 Å². The minimum absolute atomic E-state index is 0.211. The Bertz CT molecular complexity index is 161. The van der Waals surface area contributed by atoms with Crippen molar-refractivity contribution in [2.45, 2.75) is 12.3 Å². The zero-order valence-corrected chi connectivity index (χ0v) is 8.17. The molecule has 0 saturated carbocycles. The molecule has 5 heteroatoms. The molecule has 0 fully saturated rings. The second-order valence-corrected chi connectivity index (χ2v) is 4.39. The van der Waals surface area contributed by atoms with Crippen LogP contribution >= 0.6 is 11.6 Å². The van der Waals surface area contributed by atoms with Crippen LogP contribution in [0, 0.1) is 0 Å². The fourth-order valence-corrected chi connectivity index (χ4v) is 0.925. The van der Waals surface area contributed by atoms with Gasteiger partial charge in [0.25, 0.3) is 0 Å². The van der Waals surface area contributed by atoms with Crippen molar-refractivity contribution in [3.8, 4) is 0 Å². The van der Waals surface area contributed by atoms with Gasteiger partial charge in [-0.15, -0.1) is 11.6 Å². The van der Waals surface area contributed by atoms with E-state index in [-0.39, 0.29) is 5.91 Å². The highest BCUT2D eigenvalue weighted by atomic mass is 35.5. The SMILES string of the molecule is CC(Cl)C(=O)NCCS(C)=O. The topological polar surface area (TPSA) is 46.2 Å². The van der Waals surface area contributed by atoms with Gasteiger partial charge in [0.15, 0.2) is 0 Å². The van der Waals surface area contributed by atoms with E-state index in [9.17, 15) is 9.00 Å². The Balaban J connectivity index is 3.39. The standard InChI is InChI=1S/C6H12ClNO2S/c1-5(7)6(9)8-3-4-11(2)10/h5H,3-4H2,1-2H3,(H,8,9). The first-order chi connectivity index (χ1) is 5.04. The molecule has 0 aliphatic carbocycles. The summed E-state index contributed by atoms with van der Waals surface area (Å²) in [6.45, 7) is 2.03. The molecule has 0 aliphatic rings. The Morgan fingerprint density at radius 1 is 1.73 bits per heavy atom. The number of hydrogen-bond donors (Lipinski definition) is 1. The summed E-state index contributed by atoms with van der Waals surface area (Å²) in [5, 5.41) is 2.04. The van der Waals surface area contributed by atoms with Gasteiger partial charge < -0.3 is 5.32 Å². The second kappa shape index (κ2) is 5.55. The first kappa shape index (κ1) is 10.9. The molecular weight excluding hydrogens is 186 g/mol. The summed E-state index contributed by atoms with van der Waals surface area (Å²) >= 11 is 5.46. The van der Waals surface area contributed by atoms with Gasteiger partial charge in [-0.3, -0.25) is 9.00 Å². The minimum atomic E-state index is -0.853. The van der Waals surface area contributed by atoms with Crippen molar-refractivity contribution in [1.29, 1.82) is 0 Å². The summed E-state index contributed by atoms with van der Waals surface area (Å²) in [5.74, 6) is 0.270. The Hall–Kier alpha value is -0.0900. The van der Waals surface area contributed by atoms with Gasteiger partial charge in [0.2, 0.25) is 5.91 Å². The van der Waals surface area contributed by atoms with Gasteiger partial charge in [0.05, 0.1) is 0 Å². The van der Waals surface area contributed by atoms with E-state index in [2.05, 4.69) is 5.32 Å². The van der Waals surface area contributed by atoms with E-state index < -0.39 is 16.2 Å². The van der Waals surface area contributed by atoms with Gasteiger partial charge in [-0.05, 0) is 6.92 Å². The largest absolute Gasteiger partial charge is 0.354 e. The smallest absolute Gasteiger partial charge is 0.237 e. The highest BCUT2D eigenvalue weighted by Gasteiger charge is 2.06. The zero-order valence-electron chi connectivity index (χ0n) is 6.59. The lowest BCUT2D eigenvalue weighted by atomic mass is 10.4. The van der Waals surface area contributed by atoms with Crippen molar-refractivity contribution in [2.75, 3.05) is 18.6 Å². The third-order valence-electron chi connectivity index (χ3n) is 1.05. The molecule has 66 valence electrons. The summed E-state index contributed by atoms with van der Waals surface area (Å²) in [6.07, 6.45) is 1.59. The minimum Gasteiger partial charge on any atom is -0.354 e. The van der Waals surface area contributed by atoms with Gasteiger partial charge in [-0.1, -0.05) is 0 Å². The molecule has 3 nitrogen and oxygen atoms in total. The highest BCUT2D eigenvalue weighted by Crippen LogP contribution is 1.91. The Labute approximate surface area is 74.0 Å². The Morgan fingerprint density at radius 3 is 2.64 bits per heavy atom. The average molecular weight is 198 g/mol. The van der Waals surface area contributed by atoms with E-state index in [0.29, 0.717) is 12.3 Å². The lowest BCUT2D eigenvalue weighted by Gasteiger charge is -2.03. The fraction of sp³-hybridized carbons (Fsp3) is 0.833. The first-order valence-corrected chi connectivity index (χ1v) is 5.42. The van der Waals surface area contributed by atoms with Crippen molar-refractivity contribution in [3.63, 3.8) is 0 Å². The summed E-state index contributed by atoms with van der Waals surface area (Å²) in [6, 6.07) is 0. The zero-order chi connectivity index (χ0) is 8.85. The van der Waals surface area contributed by atoms with Crippen molar-refractivity contribution in [1.82, 2.24) is 5.32 Å². The molecule has 0 spiro atoms. The lowest BCUT2D eigenvalue weighted by Crippen LogP contribution is -2.32. The van der Waals surface area contributed by atoms with Crippen LogP contribution in [0.15, 0.2) is 0 Å². The molecule has 2 atom stereocenters. The molecule has 0 aromatic carbocycles. The lowest BCUT2D eigenvalue weighted by molar-refractivity contribution is -0.120. The van der Waals surface area contributed by atoms with Crippen LogP contribution in [0.2, 0.25) is 0 Å². The number of amides is 1. The summed E-state index contributed by atoms with van der Waals surface area (Å²) in [4.78, 5) is 10.8. The van der Waals surface area contributed by atoms with Crippen molar-refractivity contribution < 1.29 is 9.00 Å². The molecule has 0 saturated heterocycles. The monoisotopic (exact) mass is 197 g/mol. The highest BCUT2D eigenvalue weighted by molar-refractivity contribution is 7.84. The molecule has 0 bridgehead atoms. The Kier molecular flexibility index (Phi) is 5.50. The number of rotatable bonds is 4. The van der Waals surface area contributed by atoms with E-state index in [0.717, 1.165) is 0 Å². The predicted octanol–water partition coefficient (Wildman–Crippen LogP) is 0.108. The summed E-state index contributed by atoms with van der Waals surface area (Å²) in [7, 11) is -0.853. The van der Waals surface area contributed by atoms with Crippen LogP contribution < -0.4 is 5.32 Å². The second-order valence-electron chi connectivity index (χ2n) is 2.18. The molecule has 0 aliphatic heterocycles. The van der Waals surface area contributed by atoms with Crippen LogP contribution in [0.1, 0.15) is 6.92 Å². The van der Waals surface area contributed by atoms with E-state index in [4.69, 9.17) is 11.6 Å². The van der Waals surface area contributed by atoms with Crippen LogP contribution in [0.25, 0.3) is 0 Å². The normalized spacial score (nSPS) is 15.5. The number of alkyl halides is 1. The van der Waals surface area contributed by atoms with Crippen molar-refractivity contribution >= 4 is 28.3 Å². The van der Waals surface area contributed by atoms with Crippen molar-refractivity contribution in [3.05, 3.63) is 0 Å². The number of nitrogens with one attached hydrogen (secondary N) is 1. The number of carbonyl (C=O) groups is 1. The van der Waals surface area contributed by atoms with Crippen LogP contribution in [0.3, 0.4) is 0 Å². The predicted molar refractivity (Wildman–Crippen MR) is 47.3 cm³/mol. The third kappa shape index (κ3) is 6.31. The van der Waals surface area contributed by atoms with E-state index in [1.165, 1.54) is 0 Å². The van der Waals surface area contributed by atoms with Gasteiger partial charge in [-0.2, -0.15) is 0 Å². The molecular formula is C6H12ClNO2S. The van der Waals surface area contributed by atoms with Crippen LogP contribution in [-0.2, 0) is 15.6 Å². The molecule has 1 N–H and O–H groups in total. The number of halogens is 1. The molecule has 0 heterocycles. The quantitative estimate of drug-likeness (QED) is 0.651. The number of carbonyl (C=O) groups excluding carboxylic acids is 1. The number of hydrogen-bond acceptors (Lipinski definition) is 2. The molecule has 0 rings (SSSR count). The first-order valence-electron chi connectivity index (χ1n) is 3.26. The van der Waals surface area contributed by atoms with Crippen molar-refractivity contribution in [2.24, 2.45) is 0 Å². The molecule has 11 heavy (non-hydrogen) atoms. The molecule has 0 radical (unpaired) electrons. The van der Waals surface area contributed by atoms with Crippen LogP contribution in [-0.4, -0.2) is 34.0 Å². The molecule has 0 aromatic rings. The van der Waals surface area contributed by atoms with E-state index in [1.54, 1.807) is 13.2 Å². The van der Waals surface area contributed by atoms with Gasteiger partial charge in [0.1, 0.15) is 5.38 Å². The molecule has 0 aromatic heterocycles. The van der Waals surface area contributed by atoms with Crippen LogP contribution in [0.4, 0.5) is 0 Å². The third-order valence-corrected chi connectivity index (χ3v) is 2.03.